The third-order valence-corrected chi connectivity index (χ3v) is 4.98. The molecule has 3 heterocycles. The largest absolute Gasteiger partial charge is 0.368 e. The van der Waals surface area contributed by atoms with Crippen molar-refractivity contribution in [2.45, 2.75) is 12.8 Å². The lowest BCUT2D eigenvalue weighted by atomic mass is 10.1. The smallest absolute Gasteiger partial charge is 0.269 e. The Bertz CT molecular complexity index is 964. The van der Waals surface area contributed by atoms with Crippen LogP contribution in [0.15, 0.2) is 48.8 Å². The number of rotatable bonds is 7. The van der Waals surface area contributed by atoms with E-state index in [1.165, 1.54) is 12.8 Å². The van der Waals surface area contributed by atoms with Crippen molar-refractivity contribution in [2.24, 2.45) is 7.05 Å². The number of hydrogen-bond donors (Lipinski definition) is 2. The average Bonchev–Trinajstić information content (AvgIpc) is 3.42. The molecule has 3 aromatic rings. The van der Waals surface area contributed by atoms with Gasteiger partial charge in [0.2, 0.25) is 0 Å². The molecule has 4 rings (SSSR count). The minimum Gasteiger partial charge on any atom is -0.368 e. The Morgan fingerprint density at radius 2 is 1.86 bits per heavy atom. The Labute approximate surface area is 170 Å². The molecule has 0 bridgehead atoms. The van der Waals surface area contributed by atoms with Crippen molar-refractivity contribution in [1.82, 2.24) is 25.1 Å². The van der Waals surface area contributed by atoms with Crippen LogP contribution in [0.4, 0.5) is 11.6 Å². The van der Waals surface area contributed by atoms with Crippen LogP contribution < -0.4 is 15.5 Å². The molecule has 0 saturated carbocycles. The van der Waals surface area contributed by atoms with Crippen LogP contribution in [0.25, 0.3) is 11.3 Å². The van der Waals surface area contributed by atoms with E-state index in [1.807, 2.05) is 42.5 Å². The SMILES string of the molecule is Cn1nc(-c2ccccc2)cc1C(=O)NCCNc1cc(N2CCCC2)ncn1. The summed E-state index contributed by atoms with van der Waals surface area (Å²) in [6.07, 6.45) is 3.99. The molecule has 0 radical (unpaired) electrons. The molecule has 1 fully saturated rings. The number of aromatic nitrogens is 4. The van der Waals surface area contributed by atoms with Gasteiger partial charge in [0.15, 0.2) is 0 Å². The van der Waals surface area contributed by atoms with Crippen molar-refractivity contribution in [3.8, 4) is 11.3 Å². The Morgan fingerprint density at radius 3 is 2.66 bits per heavy atom. The lowest BCUT2D eigenvalue weighted by Gasteiger charge is -2.16. The maximum Gasteiger partial charge on any atom is 0.269 e. The van der Waals surface area contributed by atoms with Crippen molar-refractivity contribution in [3.05, 3.63) is 54.5 Å². The molecule has 2 N–H and O–H groups in total. The first kappa shape index (κ1) is 18.9. The molecule has 29 heavy (non-hydrogen) atoms. The number of benzene rings is 1. The van der Waals surface area contributed by atoms with Gasteiger partial charge in [-0.1, -0.05) is 30.3 Å². The van der Waals surface area contributed by atoms with Gasteiger partial charge in [0.25, 0.3) is 5.91 Å². The van der Waals surface area contributed by atoms with Crippen molar-refractivity contribution < 1.29 is 4.79 Å². The molecule has 0 spiro atoms. The molecule has 1 amide bonds. The van der Waals surface area contributed by atoms with Crippen LogP contribution in [0, 0.1) is 0 Å². The van der Waals surface area contributed by atoms with Crippen LogP contribution in [-0.2, 0) is 7.05 Å². The first-order chi connectivity index (χ1) is 14.2. The van der Waals surface area contributed by atoms with E-state index in [-0.39, 0.29) is 5.91 Å². The average molecular weight is 391 g/mol. The third kappa shape index (κ3) is 4.53. The monoisotopic (exact) mass is 391 g/mol. The summed E-state index contributed by atoms with van der Waals surface area (Å²) in [6.45, 7) is 3.14. The summed E-state index contributed by atoms with van der Waals surface area (Å²) in [4.78, 5) is 23.4. The lowest BCUT2D eigenvalue weighted by Crippen LogP contribution is -2.30. The third-order valence-electron chi connectivity index (χ3n) is 4.98. The number of nitrogens with zero attached hydrogens (tertiary/aromatic N) is 5. The summed E-state index contributed by atoms with van der Waals surface area (Å²) >= 11 is 0. The summed E-state index contributed by atoms with van der Waals surface area (Å²) in [5, 5.41) is 10.6. The van der Waals surface area contributed by atoms with Gasteiger partial charge in [0.1, 0.15) is 23.7 Å². The first-order valence-electron chi connectivity index (χ1n) is 9.89. The van der Waals surface area contributed by atoms with Gasteiger partial charge in [-0.25, -0.2) is 9.97 Å². The lowest BCUT2D eigenvalue weighted by molar-refractivity contribution is 0.0946. The van der Waals surface area contributed by atoms with Crippen molar-refractivity contribution in [2.75, 3.05) is 36.4 Å². The predicted octanol–water partition coefficient (Wildman–Crippen LogP) is 2.32. The normalized spacial score (nSPS) is 13.5. The molecular weight excluding hydrogens is 366 g/mol. The van der Waals surface area contributed by atoms with E-state index >= 15 is 0 Å². The minimum atomic E-state index is -0.149. The number of nitrogens with one attached hydrogen (secondary N) is 2. The zero-order valence-electron chi connectivity index (χ0n) is 16.5. The Kier molecular flexibility index (Phi) is 5.69. The first-order valence-corrected chi connectivity index (χ1v) is 9.89. The number of anilines is 2. The van der Waals surface area contributed by atoms with E-state index in [2.05, 4.69) is 30.6 Å². The van der Waals surface area contributed by atoms with E-state index in [4.69, 9.17) is 0 Å². The van der Waals surface area contributed by atoms with Gasteiger partial charge in [0, 0.05) is 44.9 Å². The summed E-state index contributed by atoms with van der Waals surface area (Å²) in [5.74, 6) is 1.57. The van der Waals surface area contributed by atoms with Gasteiger partial charge >= 0.3 is 0 Å². The quantitative estimate of drug-likeness (QED) is 0.601. The molecule has 0 aliphatic carbocycles. The van der Waals surface area contributed by atoms with E-state index < -0.39 is 0 Å². The van der Waals surface area contributed by atoms with Crippen molar-refractivity contribution >= 4 is 17.5 Å². The zero-order chi connectivity index (χ0) is 20.1. The molecule has 1 aliphatic heterocycles. The van der Waals surface area contributed by atoms with Gasteiger partial charge in [-0.2, -0.15) is 5.10 Å². The van der Waals surface area contributed by atoms with E-state index in [0.29, 0.717) is 18.8 Å². The van der Waals surface area contributed by atoms with E-state index in [0.717, 1.165) is 36.0 Å². The van der Waals surface area contributed by atoms with Gasteiger partial charge in [-0.05, 0) is 18.9 Å². The maximum absolute atomic E-state index is 12.5. The maximum atomic E-state index is 12.5. The topological polar surface area (TPSA) is 88.0 Å². The molecule has 1 aromatic carbocycles. The number of amides is 1. The highest BCUT2D eigenvalue weighted by atomic mass is 16.2. The number of aryl methyl sites for hydroxylation is 1. The number of hydrogen-bond acceptors (Lipinski definition) is 6. The van der Waals surface area contributed by atoms with Crippen molar-refractivity contribution in [1.29, 1.82) is 0 Å². The van der Waals surface area contributed by atoms with Gasteiger partial charge in [-0.3, -0.25) is 9.48 Å². The van der Waals surface area contributed by atoms with Crippen LogP contribution in [0.3, 0.4) is 0 Å². The fourth-order valence-electron chi connectivity index (χ4n) is 3.45. The van der Waals surface area contributed by atoms with Crippen LogP contribution in [-0.4, -0.2) is 51.8 Å². The van der Waals surface area contributed by atoms with Gasteiger partial charge in [-0.15, -0.1) is 0 Å². The van der Waals surface area contributed by atoms with Crippen LogP contribution in [0.1, 0.15) is 23.3 Å². The highest BCUT2D eigenvalue weighted by Crippen LogP contribution is 2.19. The molecule has 0 unspecified atom stereocenters. The second kappa shape index (κ2) is 8.72. The zero-order valence-corrected chi connectivity index (χ0v) is 16.5. The highest BCUT2D eigenvalue weighted by Gasteiger charge is 2.15. The molecule has 1 saturated heterocycles. The summed E-state index contributed by atoms with van der Waals surface area (Å²) in [5.41, 5.74) is 2.30. The Morgan fingerprint density at radius 1 is 1.07 bits per heavy atom. The number of carbonyl (C=O) groups is 1. The van der Waals surface area contributed by atoms with E-state index in [9.17, 15) is 4.79 Å². The molecule has 0 atom stereocenters. The van der Waals surface area contributed by atoms with Crippen LogP contribution in [0.5, 0.6) is 0 Å². The summed E-state index contributed by atoms with van der Waals surface area (Å²) < 4.78 is 1.61. The molecule has 8 heteroatoms. The molecule has 2 aromatic heterocycles. The standard InChI is InChI=1S/C21H25N7O/c1-27-18(13-17(26-27)16-7-3-2-4-8-16)21(29)23-10-9-22-19-14-20(25-15-24-19)28-11-5-6-12-28/h2-4,7-8,13-15H,5-6,9-12H2,1H3,(H,23,29)(H,22,24,25). The molecule has 150 valence electrons. The van der Waals surface area contributed by atoms with Gasteiger partial charge < -0.3 is 15.5 Å². The predicted molar refractivity (Wildman–Crippen MR) is 113 cm³/mol. The second-order valence-electron chi connectivity index (χ2n) is 7.04. The van der Waals surface area contributed by atoms with Gasteiger partial charge in [0.05, 0.1) is 5.69 Å². The fraction of sp³-hybridized carbons (Fsp3) is 0.333. The van der Waals surface area contributed by atoms with Crippen LogP contribution >= 0.6 is 0 Å². The molecular formula is C21H25N7O. The summed E-state index contributed by atoms with van der Waals surface area (Å²) in [6, 6.07) is 13.6. The van der Waals surface area contributed by atoms with Crippen LogP contribution in [0.2, 0.25) is 0 Å². The minimum absolute atomic E-state index is 0.149. The van der Waals surface area contributed by atoms with E-state index in [1.54, 1.807) is 18.1 Å². The van der Waals surface area contributed by atoms with Crippen molar-refractivity contribution in [3.63, 3.8) is 0 Å². The second-order valence-corrected chi connectivity index (χ2v) is 7.04. The Hall–Kier alpha value is -3.42. The highest BCUT2D eigenvalue weighted by molar-refractivity contribution is 5.93. The summed E-state index contributed by atoms with van der Waals surface area (Å²) in [7, 11) is 1.78. The molecule has 1 aliphatic rings. The Balaban J connectivity index is 1.29. The number of carbonyl (C=O) groups excluding carboxylic acids is 1. The molecule has 8 nitrogen and oxygen atoms in total. The fourth-order valence-corrected chi connectivity index (χ4v) is 3.45.